The van der Waals surface area contributed by atoms with E-state index in [1.807, 2.05) is 13.8 Å². The molecule has 3 aromatic rings. The van der Waals surface area contributed by atoms with Gasteiger partial charge in [0.15, 0.2) is 17.7 Å². The van der Waals surface area contributed by atoms with Gasteiger partial charge in [-0.1, -0.05) is 18.2 Å². The van der Waals surface area contributed by atoms with Gasteiger partial charge >= 0.3 is 0 Å². The third kappa shape index (κ3) is 7.56. The Balaban J connectivity index is 1.59. The van der Waals surface area contributed by atoms with E-state index >= 15 is 0 Å². The van der Waals surface area contributed by atoms with E-state index in [0.29, 0.717) is 16.9 Å². The second-order valence-electron chi connectivity index (χ2n) is 11.5. The molecule has 0 unspecified atom stereocenters. The molecule has 0 spiro atoms. The molecule has 0 aliphatic carbocycles. The first-order valence-corrected chi connectivity index (χ1v) is 15.3. The van der Waals surface area contributed by atoms with Crippen LogP contribution in [-0.4, -0.2) is 68.8 Å². The maximum absolute atomic E-state index is 13.9. The zero-order valence-electron chi connectivity index (χ0n) is 25.7. The summed E-state index contributed by atoms with van der Waals surface area (Å²) < 4.78 is 32.2. The molecule has 1 aliphatic rings. The fourth-order valence-electron chi connectivity index (χ4n) is 5.28. The molecular formula is C33H37F2N3O6S. The zero-order valence-corrected chi connectivity index (χ0v) is 26.5. The summed E-state index contributed by atoms with van der Waals surface area (Å²) in [5, 5.41) is 27.0. The Hall–Kier alpha value is -4.16. The Morgan fingerprint density at radius 1 is 1.09 bits per heavy atom. The van der Waals surface area contributed by atoms with Gasteiger partial charge in [-0.15, -0.1) is 11.8 Å². The molecule has 9 nitrogen and oxygen atoms in total. The summed E-state index contributed by atoms with van der Waals surface area (Å²) in [7, 11) is 1.52. The van der Waals surface area contributed by atoms with Crippen LogP contribution >= 0.6 is 11.8 Å². The predicted octanol–water partition coefficient (Wildman–Crippen LogP) is 3.99. The Morgan fingerprint density at radius 2 is 1.78 bits per heavy atom. The van der Waals surface area contributed by atoms with Crippen molar-refractivity contribution in [2.75, 3.05) is 13.0 Å². The van der Waals surface area contributed by atoms with Gasteiger partial charge in [-0.2, -0.15) is 0 Å². The number of benzene rings is 3. The number of halogens is 2. The maximum Gasteiger partial charge on any atom is 0.254 e. The van der Waals surface area contributed by atoms with E-state index < -0.39 is 58.0 Å². The molecule has 12 heteroatoms. The molecule has 0 saturated carbocycles. The third-order valence-corrected chi connectivity index (χ3v) is 9.41. The van der Waals surface area contributed by atoms with Gasteiger partial charge in [-0.25, -0.2) is 8.78 Å². The van der Waals surface area contributed by atoms with E-state index in [2.05, 4.69) is 10.6 Å². The number of aliphatic hydroxyl groups excluding tert-OH is 1. The molecule has 4 rings (SSSR count). The predicted molar refractivity (Wildman–Crippen MR) is 167 cm³/mol. The second kappa shape index (κ2) is 13.9. The van der Waals surface area contributed by atoms with Crippen LogP contribution in [0.5, 0.6) is 11.5 Å². The molecule has 3 atom stereocenters. The monoisotopic (exact) mass is 641 g/mol. The lowest BCUT2D eigenvalue weighted by Crippen LogP contribution is -2.58. The van der Waals surface area contributed by atoms with Crippen molar-refractivity contribution >= 4 is 29.5 Å². The first-order chi connectivity index (χ1) is 21.2. The van der Waals surface area contributed by atoms with Crippen molar-refractivity contribution in [3.8, 4) is 11.5 Å². The number of aromatic hydroxyl groups is 1. The van der Waals surface area contributed by atoms with Crippen LogP contribution in [0.4, 0.5) is 8.78 Å². The number of phenolic OH excluding ortho intramolecular Hbond substituents is 1. The molecule has 3 amide bonds. The summed E-state index contributed by atoms with van der Waals surface area (Å²) in [4.78, 5) is 42.0. The molecule has 3 aromatic carbocycles. The number of phenols is 1. The van der Waals surface area contributed by atoms with Gasteiger partial charge in [0, 0.05) is 22.4 Å². The van der Waals surface area contributed by atoms with Crippen LogP contribution in [0.1, 0.15) is 46.5 Å². The number of aryl methyl sites for hydroxylation is 1. The van der Waals surface area contributed by atoms with E-state index in [1.165, 1.54) is 48.9 Å². The van der Waals surface area contributed by atoms with Crippen LogP contribution in [0.2, 0.25) is 0 Å². The van der Waals surface area contributed by atoms with Crippen LogP contribution in [0.25, 0.3) is 0 Å². The minimum Gasteiger partial charge on any atom is -0.505 e. The highest BCUT2D eigenvalue weighted by Gasteiger charge is 2.49. The van der Waals surface area contributed by atoms with Crippen LogP contribution in [-0.2, 0) is 22.6 Å². The van der Waals surface area contributed by atoms with E-state index in [-0.39, 0.29) is 30.0 Å². The van der Waals surface area contributed by atoms with Crippen LogP contribution < -0.4 is 15.4 Å². The maximum atomic E-state index is 13.9. The second-order valence-corrected chi connectivity index (χ2v) is 13.1. The number of aliphatic hydroxyl groups is 1. The number of rotatable bonds is 10. The number of amides is 3. The number of methoxy groups -OCH3 is 1. The SMILES string of the molecule is COc1ccc(C[C@H](NC(=O)c2ccc(F)c(O)c2C)[C@H](O)C(=O)N2CSC(C)(C)[C@H]2C(=O)NCc2cc(F)ccc2C)cc1. The molecule has 45 heavy (non-hydrogen) atoms. The molecule has 1 saturated heterocycles. The van der Waals surface area contributed by atoms with Gasteiger partial charge in [0.25, 0.3) is 11.8 Å². The van der Waals surface area contributed by atoms with Gasteiger partial charge in [-0.3, -0.25) is 14.4 Å². The van der Waals surface area contributed by atoms with Crippen molar-refractivity contribution < 1.29 is 38.1 Å². The van der Waals surface area contributed by atoms with Crippen molar-refractivity contribution in [1.29, 1.82) is 0 Å². The lowest BCUT2D eigenvalue weighted by molar-refractivity contribution is -0.147. The molecule has 0 radical (unpaired) electrons. The number of nitrogens with zero attached hydrogens (tertiary/aromatic N) is 1. The van der Waals surface area contributed by atoms with Crippen LogP contribution in [0, 0.1) is 25.5 Å². The van der Waals surface area contributed by atoms with Gasteiger partial charge in [0.1, 0.15) is 17.6 Å². The smallest absolute Gasteiger partial charge is 0.254 e. The molecule has 4 N–H and O–H groups in total. The zero-order chi connectivity index (χ0) is 33.1. The summed E-state index contributed by atoms with van der Waals surface area (Å²) in [5.41, 5.74) is 2.02. The van der Waals surface area contributed by atoms with Gasteiger partial charge in [-0.05, 0) is 87.2 Å². The van der Waals surface area contributed by atoms with Crippen LogP contribution in [0.15, 0.2) is 54.6 Å². The van der Waals surface area contributed by atoms with Crippen molar-refractivity contribution in [3.63, 3.8) is 0 Å². The summed E-state index contributed by atoms with van der Waals surface area (Å²) in [6, 6.07) is 11.2. The lowest BCUT2D eigenvalue weighted by Gasteiger charge is -2.33. The van der Waals surface area contributed by atoms with Crippen molar-refractivity contribution in [3.05, 3.63) is 94.0 Å². The van der Waals surface area contributed by atoms with E-state index in [9.17, 15) is 33.4 Å². The number of carbonyl (C=O) groups excluding carboxylic acids is 3. The van der Waals surface area contributed by atoms with Gasteiger partial charge in [0.05, 0.1) is 19.0 Å². The fraction of sp³-hybridized carbons (Fsp3) is 0.364. The Kier molecular flexibility index (Phi) is 10.4. The Labute approximate surface area is 265 Å². The fourth-order valence-corrected chi connectivity index (χ4v) is 6.42. The highest BCUT2D eigenvalue weighted by molar-refractivity contribution is 8.00. The molecule has 1 fully saturated rings. The standard InChI is InChI=1S/C33H37F2N3O6S/c1-18-6-9-22(34)15-21(18)16-36-31(42)29-33(3,4)45-17-38(29)32(43)28(40)26(14-20-7-10-23(44-5)11-8-20)37-30(41)24-12-13-25(35)27(39)19(24)2/h6-13,15,26,28-29,39-40H,14,16-17H2,1-5H3,(H,36,42)(H,37,41)/t26-,28-,29+/m0/s1. The number of hydrogen-bond donors (Lipinski definition) is 4. The van der Waals surface area contributed by atoms with Gasteiger partial charge < -0.3 is 30.5 Å². The molecule has 240 valence electrons. The quantitative estimate of drug-likeness (QED) is 0.264. The number of carbonyl (C=O) groups is 3. The molecule has 0 bridgehead atoms. The molecule has 1 heterocycles. The van der Waals surface area contributed by atoms with Gasteiger partial charge in [0.2, 0.25) is 5.91 Å². The first kappa shape index (κ1) is 33.7. The minimum absolute atomic E-state index is 0.000486. The largest absolute Gasteiger partial charge is 0.505 e. The lowest BCUT2D eigenvalue weighted by atomic mass is 9.96. The topological polar surface area (TPSA) is 128 Å². The number of nitrogens with one attached hydrogen (secondary N) is 2. The summed E-state index contributed by atoms with van der Waals surface area (Å²) >= 11 is 1.36. The highest BCUT2D eigenvalue weighted by Crippen LogP contribution is 2.40. The average Bonchev–Trinajstić information content (AvgIpc) is 3.34. The minimum atomic E-state index is -1.78. The van der Waals surface area contributed by atoms with Crippen molar-refractivity contribution in [2.45, 2.75) is 63.6 Å². The number of thioether (sulfide) groups is 1. The molecule has 1 aliphatic heterocycles. The van der Waals surface area contributed by atoms with E-state index in [1.54, 1.807) is 37.3 Å². The Bertz CT molecular complexity index is 1580. The molecular weight excluding hydrogens is 604 g/mol. The Morgan fingerprint density at radius 3 is 2.44 bits per heavy atom. The summed E-state index contributed by atoms with van der Waals surface area (Å²) in [5.74, 6) is -3.28. The third-order valence-electron chi connectivity index (χ3n) is 8.03. The van der Waals surface area contributed by atoms with Crippen molar-refractivity contribution in [2.24, 2.45) is 0 Å². The first-order valence-electron chi connectivity index (χ1n) is 14.3. The normalized spacial score (nSPS) is 17.0. The number of hydrogen-bond acceptors (Lipinski definition) is 7. The average molecular weight is 642 g/mol. The number of ether oxygens (including phenoxy) is 1. The molecule has 0 aromatic heterocycles. The van der Waals surface area contributed by atoms with E-state index in [0.717, 1.165) is 11.6 Å². The van der Waals surface area contributed by atoms with Crippen molar-refractivity contribution in [1.82, 2.24) is 15.5 Å². The van der Waals surface area contributed by atoms with Crippen LogP contribution in [0.3, 0.4) is 0 Å². The summed E-state index contributed by atoms with van der Waals surface area (Å²) in [6.07, 6.45) is -1.75. The van der Waals surface area contributed by atoms with E-state index in [4.69, 9.17) is 4.74 Å². The summed E-state index contributed by atoms with van der Waals surface area (Å²) in [6.45, 7) is 6.86. The highest BCUT2D eigenvalue weighted by atomic mass is 32.2.